The zero-order chi connectivity index (χ0) is 17.1. The van der Waals surface area contributed by atoms with Crippen molar-refractivity contribution in [3.05, 3.63) is 48.0 Å². The van der Waals surface area contributed by atoms with Crippen molar-refractivity contribution in [1.29, 1.82) is 5.26 Å². The standard InChI is InChI=1S/C18H15F2N3O/c1-24-17-7-3-2-6-12(17)18-22-15-10-13(19)14(20)11-16(15)23(18)9-5-4-8-21/h2-3,6-7,10-11H,4-5,9H2,1H3. The SMILES string of the molecule is COc1ccccc1-c1nc2cc(F)c(F)cc2n1CCCC#N. The topological polar surface area (TPSA) is 50.8 Å². The fourth-order valence-electron chi connectivity index (χ4n) is 2.70. The molecular formula is C18H15F2N3O. The van der Waals surface area contributed by atoms with E-state index in [0.29, 0.717) is 42.0 Å². The van der Waals surface area contributed by atoms with Crippen molar-refractivity contribution in [2.75, 3.05) is 7.11 Å². The third kappa shape index (κ3) is 2.81. The van der Waals surface area contributed by atoms with Gasteiger partial charge in [0.25, 0.3) is 0 Å². The number of imidazole rings is 1. The van der Waals surface area contributed by atoms with E-state index in [-0.39, 0.29) is 0 Å². The van der Waals surface area contributed by atoms with E-state index in [1.807, 2.05) is 18.2 Å². The lowest BCUT2D eigenvalue weighted by molar-refractivity contribution is 0.416. The number of nitrogens with zero attached hydrogens (tertiary/aromatic N) is 3. The van der Waals surface area contributed by atoms with Gasteiger partial charge in [0, 0.05) is 25.1 Å². The van der Waals surface area contributed by atoms with E-state index in [2.05, 4.69) is 11.1 Å². The highest BCUT2D eigenvalue weighted by Gasteiger charge is 2.18. The Hall–Kier alpha value is -2.94. The van der Waals surface area contributed by atoms with Crippen molar-refractivity contribution >= 4 is 11.0 Å². The summed E-state index contributed by atoms with van der Waals surface area (Å²) >= 11 is 0. The molecule has 1 aromatic heterocycles. The maximum Gasteiger partial charge on any atom is 0.161 e. The van der Waals surface area contributed by atoms with Crippen molar-refractivity contribution in [1.82, 2.24) is 9.55 Å². The molecule has 1 heterocycles. The van der Waals surface area contributed by atoms with E-state index in [1.165, 1.54) is 0 Å². The average Bonchev–Trinajstić information content (AvgIpc) is 2.93. The monoisotopic (exact) mass is 327 g/mol. The van der Waals surface area contributed by atoms with Crippen LogP contribution in [0.15, 0.2) is 36.4 Å². The number of hydrogen-bond acceptors (Lipinski definition) is 3. The number of rotatable bonds is 5. The molecule has 0 aliphatic carbocycles. The highest BCUT2D eigenvalue weighted by Crippen LogP contribution is 2.32. The Bertz CT molecular complexity index is 928. The van der Waals surface area contributed by atoms with E-state index < -0.39 is 11.6 Å². The summed E-state index contributed by atoms with van der Waals surface area (Å²) in [6.07, 6.45) is 0.956. The van der Waals surface area contributed by atoms with Crippen LogP contribution in [-0.4, -0.2) is 16.7 Å². The fraction of sp³-hybridized carbons (Fsp3) is 0.222. The van der Waals surface area contributed by atoms with Gasteiger partial charge in [-0.25, -0.2) is 13.8 Å². The molecule has 6 heteroatoms. The molecule has 0 unspecified atom stereocenters. The first-order chi connectivity index (χ1) is 11.7. The maximum absolute atomic E-state index is 13.7. The Morgan fingerprint density at radius 3 is 2.71 bits per heavy atom. The molecule has 0 aliphatic rings. The maximum atomic E-state index is 13.7. The molecule has 0 atom stereocenters. The lowest BCUT2D eigenvalue weighted by atomic mass is 10.2. The molecule has 0 amide bonds. The molecule has 122 valence electrons. The first-order valence-corrected chi connectivity index (χ1v) is 7.51. The summed E-state index contributed by atoms with van der Waals surface area (Å²) in [5.74, 6) is -0.674. The van der Waals surface area contributed by atoms with Gasteiger partial charge < -0.3 is 9.30 Å². The molecule has 0 N–H and O–H groups in total. The third-order valence-electron chi connectivity index (χ3n) is 3.81. The van der Waals surface area contributed by atoms with Gasteiger partial charge in [-0.15, -0.1) is 0 Å². The summed E-state index contributed by atoms with van der Waals surface area (Å²) in [6, 6.07) is 11.6. The Labute approximate surface area is 137 Å². The Kier molecular flexibility index (Phi) is 4.43. The molecule has 0 fully saturated rings. The lowest BCUT2D eigenvalue weighted by Gasteiger charge is -2.11. The summed E-state index contributed by atoms with van der Waals surface area (Å²) in [7, 11) is 1.56. The van der Waals surface area contributed by atoms with Crippen LogP contribution >= 0.6 is 0 Å². The van der Waals surface area contributed by atoms with Crippen molar-refractivity contribution in [2.45, 2.75) is 19.4 Å². The average molecular weight is 327 g/mol. The van der Waals surface area contributed by atoms with Gasteiger partial charge in [-0.1, -0.05) is 12.1 Å². The molecule has 0 radical (unpaired) electrons. The Morgan fingerprint density at radius 2 is 1.96 bits per heavy atom. The van der Waals surface area contributed by atoms with Gasteiger partial charge in [-0.05, 0) is 18.6 Å². The second-order valence-corrected chi connectivity index (χ2v) is 5.30. The number of unbranched alkanes of at least 4 members (excludes halogenated alkanes) is 1. The Balaban J connectivity index is 2.22. The molecule has 0 aliphatic heterocycles. The largest absolute Gasteiger partial charge is 0.496 e. The summed E-state index contributed by atoms with van der Waals surface area (Å²) in [6.45, 7) is 0.475. The van der Waals surface area contributed by atoms with Crippen LogP contribution in [0.25, 0.3) is 22.4 Å². The lowest BCUT2D eigenvalue weighted by Crippen LogP contribution is -2.02. The van der Waals surface area contributed by atoms with Crippen LogP contribution in [0, 0.1) is 23.0 Å². The minimum Gasteiger partial charge on any atom is -0.496 e. The van der Waals surface area contributed by atoms with Crippen molar-refractivity contribution in [2.24, 2.45) is 0 Å². The van der Waals surface area contributed by atoms with Gasteiger partial charge in [-0.3, -0.25) is 0 Å². The van der Waals surface area contributed by atoms with Crippen LogP contribution in [0.4, 0.5) is 8.78 Å². The second kappa shape index (κ2) is 6.67. The van der Waals surface area contributed by atoms with Crippen LogP contribution in [-0.2, 0) is 6.54 Å². The highest BCUT2D eigenvalue weighted by molar-refractivity contribution is 5.82. The number of methoxy groups -OCH3 is 1. The van der Waals surface area contributed by atoms with Crippen LogP contribution in [0.1, 0.15) is 12.8 Å². The van der Waals surface area contributed by atoms with Crippen molar-refractivity contribution in [3.63, 3.8) is 0 Å². The summed E-state index contributed by atoms with van der Waals surface area (Å²) < 4.78 is 34.4. The van der Waals surface area contributed by atoms with Crippen LogP contribution in [0.5, 0.6) is 5.75 Å². The summed E-state index contributed by atoms with van der Waals surface area (Å²) in [5, 5.41) is 8.75. The number of benzene rings is 2. The van der Waals surface area contributed by atoms with E-state index in [9.17, 15) is 8.78 Å². The molecule has 0 bridgehead atoms. The first-order valence-electron chi connectivity index (χ1n) is 7.51. The number of hydrogen-bond donors (Lipinski definition) is 0. The van der Waals surface area contributed by atoms with Crippen LogP contribution < -0.4 is 4.74 Å². The summed E-state index contributed by atoms with van der Waals surface area (Å²) in [5.41, 5.74) is 1.59. The van der Waals surface area contributed by atoms with Crippen LogP contribution in [0.3, 0.4) is 0 Å². The minimum absolute atomic E-state index is 0.367. The molecule has 2 aromatic carbocycles. The van der Waals surface area contributed by atoms with Crippen molar-refractivity contribution < 1.29 is 13.5 Å². The molecule has 3 aromatic rings. The first kappa shape index (κ1) is 15.9. The summed E-state index contributed by atoms with van der Waals surface area (Å²) in [4.78, 5) is 4.47. The predicted molar refractivity (Wildman–Crippen MR) is 86.5 cm³/mol. The molecule has 0 saturated heterocycles. The second-order valence-electron chi connectivity index (χ2n) is 5.30. The van der Waals surface area contributed by atoms with Crippen molar-refractivity contribution in [3.8, 4) is 23.2 Å². The van der Waals surface area contributed by atoms with Gasteiger partial charge in [0.05, 0.1) is 29.8 Å². The molecule has 0 saturated carbocycles. The normalized spacial score (nSPS) is 10.8. The van der Waals surface area contributed by atoms with E-state index in [1.54, 1.807) is 17.7 Å². The molecular weight excluding hydrogens is 312 g/mol. The van der Waals surface area contributed by atoms with Gasteiger partial charge in [0.1, 0.15) is 11.6 Å². The number of aromatic nitrogens is 2. The van der Waals surface area contributed by atoms with Gasteiger partial charge in [0.15, 0.2) is 11.6 Å². The minimum atomic E-state index is -0.934. The smallest absolute Gasteiger partial charge is 0.161 e. The molecule has 4 nitrogen and oxygen atoms in total. The zero-order valence-electron chi connectivity index (χ0n) is 13.1. The Morgan fingerprint density at radius 1 is 1.21 bits per heavy atom. The molecule has 24 heavy (non-hydrogen) atoms. The fourth-order valence-corrected chi connectivity index (χ4v) is 2.70. The predicted octanol–water partition coefficient (Wildman–Crippen LogP) is 4.29. The highest BCUT2D eigenvalue weighted by atomic mass is 19.2. The van der Waals surface area contributed by atoms with E-state index in [4.69, 9.17) is 10.00 Å². The van der Waals surface area contributed by atoms with Crippen LogP contribution in [0.2, 0.25) is 0 Å². The molecule has 3 rings (SSSR count). The van der Waals surface area contributed by atoms with Gasteiger partial charge in [-0.2, -0.15) is 5.26 Å². The van der Waals surface area contributed by atoms with Gasteiger partial charge >= 0.3 is 0 Å². The quantitative estimate of drug-likeness (QED) is 0.657. The number of aryl methyl sites for hydroxylation is 1. The number of ether oxygens (including phenoxy) is 1. The number of fused-ring (bicyclic) bond motifs is 1. The number of para-hydroxylation sites is 1. The molecule has 0 spiro atoms. The zero-order valence-corrected chi connectivity index (χ0v) is 13.1. The van der Waals surface area contributed by atoms with E-state index in [0.717, 1.165) is 17.7 Å². The third-order valence-corrected chi connectivity index (χ3v) is 3.81. The number of halogens is 2. The van der Waals surface area contributed by atoms with E-state index >= 15 is 0 Å². The number of nitriles is 1. The van der Waals surface area contributed by atoms with Gasteiger partial charge in [0.2, 0.25) is 0 Å².